The molecule has 4 heteroatoms. The second-order valence-electron chi connectivity index (χ2n) is 3.32. The summed E-state index contributed by atoms with van der Waals surface area (Å²) >= 11 is 0. The molecule has 0 spiro atoms. The number of allylic oxidation sites excluding steroid dienone is 2. The highest BCUT2D eigenvalue weighted by Crippen LogP contribution is 2.07. The van der Waals surface area contributed by atoms with E-state index in [1.807, 2.05) is 10.8 Å². The van der Waals surface area contributed by atoms with Crippen LogP contribution in [0.25, 0.3) is 11.0 Å². The number of nitrogens with zero attached hydrogens (tertiary/aromatic N) is 2. The Kier molecular flexibility index (Phi) is 2.67. The molecule has 15 heavy (non-hydrogen) atoms. The highest BCUT2D eigenvalue weighted by molar-refractivity contribution is 5.74. The number of aromatic nitrogens is 3. The predicted octanol–water partition coefficient (Wildman–Crippen LogP) is 1.69. The fraction of sp³-hybridized carbons (Fsp3) is 0.273. The van der Waals surface area contributed by atoms with Crippen LogP contribution in [-0.2, 0) is 6.54 Å². The Hall–Kier alpha value is -1.84. The van der Waals surface area contributed by atoms with E-state index in [9.17, 15) is 4.79 Å². The van der Waals surface area contributed by atoms with E-state index in [-0.39, 0.29) is 5.56 Å². The van der Waals surface area contributed by atoms with E-state index in [1.54, 1.807) is 6.07 Å². The normalized spacial score (nSPS) is 11.5. The molecule has 0 aromatic carbocycles. The molecule has 4 nitrogen and oxygen atoms in total. The lowest BCUT2D eigenvalue weighted by molar-refractivity contribution is 0.843. The molecule has 0 saturated heterocycles. The summed E-state index contributed by atoms with van der Waals surface area (Å²) in [5.74, 6) is 0. The zero-order valence-corrected chi connectivity index (χ0v) is 8.60. The lowest BCUT2D eigenvalue weighted by Crippen LogP contribution is -2.06. The predicted molar refractivity (Wildman–Crippen MR) is 59.8 cm³/mol. The number of H-pyrrole nitrogens is 1. The van der Waals surface area contributed by atoms with Crippen molar-refractivity contribution < 1.29 is 0 Å². The molecule has 2 rings (SSSR count). The van der Waals surface area contributed by atoms with Gasteiger partial charge >= 0.3 is 0 Å². The molecule has 78 valence electrons. The molecule has 0 unspecified atom stereocenters. The molecule has 0 bridgehead atoms. The SMILES string of the molecule is CC/C=C/Cn1ccc2c(=O)[nH]cnc21. The molecule has 1 N–H and O–H groups in total. The topological polar surface area (TPSA) is 50.7 Å². The number of hydrogen-bond donors (Lipinski definition) is 1. The second-order valence-corrected chi connectivity index (χ2v) is 3.32. The van der Waals surface area contributed by atoms with Crippen LogP contribution in [0.5, 0.6) is 0 Å². The first-order valence-corrected chi connectivity index (χ1v) is 5.00. The fourth-order valence-electron chi connectivity index (χ4n) is 1.52. The highest BCUT2D eigenvalue weighted by atomic mass is 16.1. The van der Waals surface area contributed by atoms with Gasteiger partial charge in [-0.25, -0.2) is 4.98 Å². The summed E-state index contributed by atoms with van der Waals surface area (Å²) in [6.45, 7) is 2.85. The first kappa shape index (κ1) is 9.71. The smallest absolute Gasteiger partial charge is 0.260 e. The molecule has 0 amide bonds. The van der Waals surface area contributed by atoms with Gasteiger partial charge in [-0.05, 0) is 12.5 Å². The minimum absolute atomic E-state index is 0.0850. The Balaban J connectivity index is 2.41. The maximum Gasteiger partial charge on any atom is 0.260 e. The molecule has 0 aliphatic carbocycles. The third-order valence-corrected chi connectivity index (χ3v) is 2.27. The van der Waals surface area contributed by atoms with Gasteiger partial charge in [0.1, 0.15) is 5.65 Å². The Bertz CT molecular complexity index is 536. The number of hydrogen-bond acceptors (Lipinski definition) is 2. The molecule has 0 aliphatic heterocycles. The average Bonchev–Trinajstić information content (AvgIpc) is 2.64. The van der Waals surface area contributed by atoms with Crippen molar-refractivity contribution in [3.05, 3.63) is 41.1 Å². The Labute approximate surface area is 87.3 Å². The minimum atomic E-state index is -0.0850. The largest absolute Gasteiger partial charge is 0.328 e. The van der Waals surface area contributed by atoms with Gasteiger partial charge in [-0.15, -0.1) is 0 Å². The summed E-state index contributed by atoms with van der Waals surface area (Å²) in [4.78, 5) is 18.1. The molecule has 0 aliphatic rings. The van der Waals surface area contributed by atoms with Gasteiger partial charge in [0.25, 0.3) is 5.56 Å². The molecule has 2 heterocycles. The molecule has 0 saturated carbocycles. The summed E-state index contributed by atoms with van der Waals surface area (Å²) in [7, 11) is 0. The van der Waals surface area contributed by atoms with Gasteiger partial charge in [0.15, 0.2) is 0 Å². The minimum Gasteiger partial charge on any atom is -0.328 e. The quantitative estimate of drug-likeness (QED) is 0.772. The maximum absolute atomic E-state index is 11.4. The monoisotopic (exact) mass is 203 g/mol. The third-order valence-electron chi connectivity index (χ3n) is 2.27. The zero-order chi connectivity index (χ0) is 10.7. The van der Waals surface area contributed by atoms with Gasteiger partial charge in [0.05, 0.1) is 11.7 Å². The van der Waals surface area contributed by atoms with Crippen LogP contribution in [0.15, 0.2) is 35.5 Å². The first-order valence-electron chi connectivity index (χ1n) is 5.00. The van der Waals surface area contributed by atoms with Crippen LogP contribution >= 0.6 is 0 Å². The van der Waals surface area contributed by atoms with Gasteiger partial charge in [0, 0.05) is 12.7 Å². The van der Waals surface area contributed by atoms with Crippen molar-refractivity contribution in [2.24, 2.45) is 0 Å². The van der Waals surface area contributed by atoms with Crippen molar-refractivity contribution in [1.29, 1.82) is 0 Å². The second kappa shape index (κ2) is 4.13. The lowest BCUT2D eigenvalue weighted by Gasteiger charge is -1.98. The van der Waals surface area contributed by atoms with Crippen molar-refractivity contribution in [2.45, 2.75) is 19.9 Å². The molecular formula is C11H13N3O. The summed E-state index contributed by atoms with van der Waals surface area (Å²) in [5.41, 5.74) is 0.651. The van der Waals surface area contributed by atoms with Crippen molar-refractivity contribution in [3.63, 3.8) is 0 Å². The van der Waals surface area contributed by atoms with E-state index in [4.69, 9.17) is 0 Å². The van der Waals surface area contributed by atoms with E-state index >= 15 is 0 Å². The summed E-state index contributed by atoms with van der Waals surface area (Å²) < 4.78 is 1.96. The summed E-state index contributed by atoms with van der Waals surface area (Å²) in [5, 5.41) is 0.641. The van der Waals surface area contributed by atoms with Crippen LogP contribution in [0.1, 0.15) is 13.3 Å². The van der Waals surface area contributed by atoms with Crippen LogP contribution in [-0.4, -0.2) is 14.5 Å². The molecular weight excluding hydrogens is 190 g/mol. The molecule has 2 aromatic heterocycles. The molecule has 2 aromatic rings. The van der Waals surface area contributed by atoms with Crippen LogP contribution in [0.3, 0.4) is 0 Å². The molecule has 0 radical (unpaired) electrons. The average molecular weight is 203 g/mol. The Morgan fingerprint density at radius 2 is 2.40 bits per heavy atom. The first-order chi connectivity index (χ1) is 7.33. The van der Waals surface area contributed by atoms with Crippen molar-refractivity contribution in [1.82, 2.24) is 14.5 Å². The molecule has 0 fully saturated rings. The van der Waals surface area contributed by atoms with Crippen LogP contribution in [0.4, 0.5) is 0 Å². The van der Waals surface area contributed by atoms with Gasteiger partial charge in [0.2, 0.25) is 0 Å². The van der Waals surface area contributed by atoms with E-state index in [0.29, 0.717) is 5.39 Å². The van der Waals surface area contributed by atoms with Crippen molar-refractivity contribution >= 4 is 11.0 Å². The number of rotatable bonds is 3. The van der Waals surface area contributed by atoms with Crippen LogP contribution in [0.2, 0.25) is 0 Å². The number of nitrogens with one attached hydrogen (secondary N) is 1. The van der Waals surface area contributed by atoms with Crippen LogP contribution in [0, 0.1) is 0 Å². The van der Waals surface area contributed by atoms with E-state index in [0.717, 1.165) is 18.6 Å². The third kappa shape index (κ3) is 1.83. The zero-order valence-electron chi connectivity index (χ0n) is 8.60. The standard InChI is InChI=1S/C11H13N3O/c1-2-3-4-6-14-7-5-9-10(14)12-8-13-11(9)15/h3-5,7-8H,2,6H2,1H3,(H,12,13,15)/b4-3+. The summed E-state index contributed by atoms with van der Waals surface area (Å²) in [6.07, 6.45) is 8.51. The van der Waals surface area contributed by atoms with E-state index in [1.165, 1.54) is 6.33 Å². The van der Waals surface area contributed by atoms with Gasteiger partial charge in [-0.3, -0.25) is 4.79 Å². The Morgan fingerprint density at radius 1 is 1.53 bits per heavy atom. The lowest BCUT2D eigenvalue weighted by atomic mass is 10.4. The number of aromatic amines is 1. The molecule has 0 atom stereocenters. The Morgan fingerprint density at radius 3 is 3.20 bits per heavy atom. The highest BCUT2D eigenvalue weighted by Gasteiger charge is 2.03. The van der Waals surface area contributed by atoms with Crippen LogP contribution < -0.4 is 5.56 Å². The van der Waals surface area contributed by atoms with Crippen molar-refractivity contribution in [2.75, 3.05) is 0 Å². The van der Waals surface area contributed by atoms with Crippen molar-refractivity contribution in [3.8, 4) is 0 Å². The maximum atomic E-state index is 11.4. The van der Waals surface area contributed by atoms with Gasteiger partial charge in [-0.1, -0.05) is 19.1 Å². The van der Waals surface area contributed by atoms with E-state index < -0.39 is 0 Å². The van der Waals surface area contributed by atoms with Gasteiger partial charge in [-0.2, -0.15) is 0 Å². The number of fused-ring (bicyclic) bond motifs is 1. The summed E-state index contributed by atoms with van der Waals surface area (Å²) in [6, 6.07) is 1.79. The van der Waals surface area contributed by atoms with E-state index in [2.05, 4.69) is 29.0 Å². The van der Waals surface area contributed by atoms with Gasteiger partial charge < -0.3 is 9.55 Å². The fourth-order valence-corrected chi connectivity index (χ4v) is 1.52.